The van der Waals surface area contributed by atoms with E-state index in [-0.39, 0.29) is 18.7 Å². The van der Waals surface area contributed by atoms with Gasteiger partial charge >= 0.3 is 0 Å². The number of carbonyl (C=O) groups is 1. The van der Waals surface area contributed by atoms with Crippen LogP contribution in [-0.2, 0) is 15.4 Å². The number of aliphatic hydroxyl groups is 1. The number of ether oxygens (including phenoxy) is 1. The highest BCUT2D eigenvalue weighted by Gasteiger charge is 2.51. The van der Waals surface area contributed by atoms with Gasteiger partial charge in [0.05, 0.1) is 18.8 Å². The number of piperidine rings is 2. The number of rotatable bonds is 7. The molecular formula is C25H33N3O5S. The second kappa shape index (κ2) is 10.4. The van der Waals surface area contributed by atoms with Gasteiger partial charge in [0.25, 0.3) is 5.91 Å². The van der Waals surface area contributed by atoms with Gasteiger partial charge in [0.1, 0.15) is 5.75 Å². The molecule has 2 aromatic rings. The molecule has 0 spiro atoms. The Balaban J connectivity index is 1.79. The van der Waals surface area contributed by atoms with Crippen molar-refractivity contribution in [2.45, 2.75) is 42.6 Å². The first-order valence-corrected chi connectivity index (χ1v) is 13.3. The topological polar surface area (TPSA) is 108 Å². The number of aliphatic hydroxyl groups excluding tert-OH is 1. The van der Waals surface area contributed by atoms with Crippen molar-refractivity contribution in [3.8, 4) is 5.75 Å². The number of nitrogens with zero attached hydrogens (tertiary/aromatic N) is 1. The van der Waals surface area contributed by atoms with E-state index in [0.29, 0.717) is 44.5 Å². The van der Waals surface area contributed by atoms with Gasteiger partial charge in [-0.1, -0.05) is 42.5 Å². The molecule has 2 aliphatic heterocycles. The third-order valence-electron chi connectivity index (χ3n) is 7.04. The first-order valence-electron chi connectivity index (χ1n) is 11.8. The van der Waals surface area contributed by atoms with E-state index in [9.17, 15) is 18.3 Å². The van der Waals surface area contributed by atoms with Gasteiger partial charge in [-0.25, -0.2) is 8.42 Å². The maximum absolute atomic E-state index is 14.2. The summed E-state index contributed by atoms with van der Waals surface area (Å²) in [6.45, 7) is 1.75. The molecule has 1 atom stereocenters. The molecule has 2 saturated heterocycles. The van der Waals surface area contributed by atoms with Gasteiger partial charge in [0.15, 0.2) is 5.37 Å². The summed E-state index contributed by atoms with van der Waals surface area (Å²) in [6, 6.07) is 16.4. The zero-order valence-corrected chi connectivity index (χ0v) is 20.3. The highest BCUT2D eigenvalue weighted by Crippen LogP contribution is 2.40. The first-order chi connectivity index (χ1) is 16.4. The molecule has 1 unspecified atom stereocenters. The number of amides is 1. The standard InChI is InChI=1S/C25H33N3O5S/c1-33-22-10-6-5-9-21(22)23(30)27-24(34(31,32)28-17-11-20(29)12-18-28)25(13-15-26-16-14-25)19-7-3-2-4-8-19/h2-10,20,24,26,29H,11-18H2,1H3,(H,27,30). The van der Waals surface area contributed by atoms with E-state index in [4.69, 9.17) is 4.74 Å². The van der Waals surface area contributed by atoms with Gasteiger partial charge in [0.2, 0.25) is 10.0 Å². The predicted molar refractivity (Wildman–Crippen MR) is 130 cm³/mol. The van der Waals surface area contributed by atoms with Crippen LogP contribution in [0, 0.1) is 0 Å². The number of methoxy groups -OCH3 is 1. The molecule has 34 heavy (non-hydrogen) atoms. The fourth-order valence-electron chi connectivity index (χ4n) is 5.12. The van der Waals surface area contributed by atoms with E-state index in [1.807, 2.05) is 30.3 Å². The number of hydrogen-bond donors (Lipinski definition) is 3. The van der Waals surface area contributed by atoms with Crippen molar-refractivity contribution < 1.29 is 23.1 Å². The lowest BCUT2D eigenvalue weighted by atomic mass is 9.72. The lowest BCUT2D eigenvalue weighted by Crippen LogP contribution is -2.62. The van der Waals surface area contributed by atoms with Crippen molar-refractivity contribution in [3.63, 3.8) is 0 Å². The van der Waals surface area contributed by atoms with Crippen LogP contribution >= 0.6 is 0 Å². The summed E-state index contributed by atoms with van der Waals surface area (Å²) in [5.74, 6) is -0.103. The smallest absolute Gasteiger partial charge is 0.256 e. The molecule has 0 radical (unpaired) electrons. The number of nitrogens with one attached hydrogen (secondary N) is 2. The van der Waals surface area contributed by atoms with Gasteiger partial charge in [0, 0.05) is 18.5 Å². The Kier molecular flexibility index (Phi) is 7.57. The molecule has 0 saturated carbocycles. The van der Waals surface area contributed by atoms with Crippen LogP contribution in [0.3, 0.4) is 0 Å². The van der Waals surface area contributed by atoms with E-state index in [0.717, 1.165) is 5.56 Å². The van der Waals surface area contributed by atoms with Crippen LogP contribution in [0.1, 0.15) is 41.6 Å². The van der Waals surface area contributed by atoms with Crippen LogP contribution < -0.4 is 15.4 Å². The molecule has 0 aliphatic carbocycles. The second-order valence-corrected chi connectivity index (χ2v) is 11.0. The minimum Gasteiger partial charge on any atom is -0.496 e. The van der Waals surface area contributed by atoms with Gasteiger partial charge < -0.3 is 20.5 Å². The third-order valence-corrected chi connectivity index (χ3v) is 9.29. The predicted octanol–water partition coefficient (Wildman–Crippen LogP) is 1.86. The van der Waals surface area contributed by atoms with E-state index in [2.05, 4.69) is 10.6 Å². The number of carbonyl (C=O) groups excluding carboxylic acids is 1. The molecule has 2 heterocycles. The van der Waals surface area contributed by atoms with Gasteiger partial charge in [-0.05, 0) is 56.5 Å². The Morgan fingerprint density at radius 3 is 2.35 bits per heavy atom. The quantitative estimate of drug-likeness (QED) is 0.550. The normalized spacial score (nSPS) is 20.4. The number of sulfonamides is 1. The largest absolute Gasteiger partial charge is 0.496 e. The molecule has 4 rings (SSSR count). The van der Waals surface area contributed by atoms with Crippen molar-refractivity contribution >= 4 is 15.9 Å². The Morgan fingerprint density at radius 1 is 1.09 bits per heavy atom. The Hall–Kier alpha value is -2.46. The maximum atomic E-state index is 14.2. The van der Waals surface area contributed by atoms with E-state index in [1.165, 1.54) is 11.4 Å². The molecule has 3 N–H and O–H groups in total. The average molecular weight is 488 g/mol. The summed E-state index contributed by atoms with van der Waals surface area (Å²) < 4.78 is 35.1. The van der Waals surface area contributed by atoms with Crippen LogP contribution in [-0.4, -0.2) is 68.5 Å². The van der Waals surface area contributed by atoms with Crippen LogP contribution in [0.15, 0.2) is 54.6 Å². The highest BCUT2D eigenvalue weighted by atomic mass is 32.2. The third kappa shape index (κ3) is 4.84. The number of hydrogen-bond acceptors (Lipinski definition) is 6. The molecule has 184 valence electrons. The molecule has 0 aromatic heterocycles. The van der Waals surface area contributed by atoms with Crippen molar-refractivity contribution in [3.05, 3.63) is 65.7 Å². The zero-order valence-electron chi connectivity index (χ0n) is 19.4. The van der Waals surface area contributed by atoms with Gasteiger partial charge in [-0.15, -0.1) is 0 Å². The number of benzene rings is 2. The Labute approximate surface area is 201 Å². The summed E-state index contributed by atoms with van der Waals surface area (Å²) in [7, 11) is -2.47. The second-order valence-electron chi connectivity index (χ2n) is 9.00. The summed E-state index contributed by atoms with van der Waals surface area (Å²) >= 11 is 0. The monoisotopic (exact) mass is 487 g/mol. The van der Waals surface area contributed by atoms with E-state index in [1.54, 1.807) is 24.3 Å². The fourth-order valence-corrected chi connectivity index (χ4v) is 7.33. The maximum Gasteiger partial charge on any atom is 0.256 e. The molecule has 2 fully saturated rings. The van der Waals surface area contributed by atoms with Crippen molar-refractivity contribution in [2.24, 2.45) is 0 Å². The van der Waals surface area contributed by atoms with Crippen LogP contribution in [0.25, 0.3) is 0 Å². The molecular weight excluding hydrogens is 454 g/mol. The highest BCUT2D eigenvalue weighted by molar-refractivity contribution is 7.89. The lowest BCUT2D eigenvalue weighted by Gasteiger charge is -2.46. The Bertz CT molecular complexity index is 1080. The van der Waals surface area contributed by atoms with Gasteiger partial charge in [-0.3, -0.25) is 4.79 Å². The van der Waals surface area contributed by atoms with Crippen molar-refractivity contribution in [2.75, 3.05) is 33.3 Å². The summed E-state index contributed by atoms with van der Waals surface area (Å²) in [4.78, 5) is 13.5. The minimum absolute atomic E-state index is 0.230. The van der Waals surface area contributed by atoms with E-state index < -0.39 is 32.8 Å². The first kappa shape index (κ1) is 24.7. The zero-order chi connectivity index (χ0) is 24.2. The molecule has 2 aromatic carbocycles. The molecule has 2 aliphatic rings. The summed E-state index contributed by atoms with van der Waals surface area (Å²) in [5.41, 5.74) is 0.373. The lowest BCUT2D eigenvalue weighted by molar-refractivity contribution is 0.0911. The average Bonchev–Trinajstić information content (AvgIpc) is 2.88. The van der Waals surface area contributed by atoms with Gasteiger partial charge in [-0.2, -0.15) is 4.31 Å². The molecule has 1 amide bonds. The summed E-state index contributed by atoms with van der Waals surface area (Å²) in [6.07, 6.45) is 1.38. The molecule has 8 nitrogen and oxygen atoms in total. The summed E-state index contributed by atoms with van der Waals surface area (Å²) in [5, 5.41) is 15.0. The fraction of sp³-hybridized carbons (Fsp3) is 0.480. The van der Waals surface area contributed by atoms with E-state index >= 15 is 0 Å². The van der Waals surface area contributed by atoms with Crippen molar-refractivity contribution in [1.82, 2.24) is 14.9 Å². The SMILES string of the molecule is COc1ccccc1C(=O)NC(C1(c2ccccc2)CCNCC1)S(=O)(=O)N1CCC(O)CC1. The van der Waals surface area contributed by atoms with Crippen LogP contribution in [0.2, 0.25) is 0 Å². The van der Waals surface area contributed by atoms with Crippen LogP contribution in [0.5, 0.6) is 5.75 Å². The minimum atomic E-state index is -3.95. The molecule has 9 heteroatoms. The van der Waals surface area contributed by atoms with Crippen molar-refractivity contribution in [1.29, 1.82) is 0 Å². The van der Waals surface area contributed by atoms with Crippen LogP contribution in [0.4, 0.5) is 0 Å². The molecule has 0 bridgehead atoms. The number of para-hydroxylation sites is 1. The Morgan fingerprint density at radius 2 is 1.71 bits per heavy atom.